The van der Waals surface area contributed by atoms with Crippen molar-refractivity contribution >= 4 is 11.8 Å². The van der Waals surface area contributed by atoms with Crippen LogP contribution in [0, 0.1) is 0 Å². The van der Waals surface area contributed by atoms with Crippen LogP contribution in [-0.4, -0.2) is 78.8 Å². The van der Waals surface area contributed by atoms with E-state index in [9.17, 15) is 0 Å². The van der Waals surface area contributed by atoms with Crippen LogP contribution in [0.2, 0.25) is 0 Å². The van der Waals surface area contributed by atoms with Crippen molar-refractivity contribution in [3.05, 3.63) is 0 Å². The second-order valence-electron chi connectivity index (χ2n) is 6.46. The zero-order valence-electron chi connectivity index (χ0n) is 12.6. The molecule has 3 rings (SSSR count). The van der Waals surface area contributed by atoms with Crippen molar-refractivity contribution in [3.63, 3.8) is 0 Å². The molecule has 3 aliphatic rings. The summed E-state index contributed by atoms with van der Waals surface area (Å²) in [5, 5.41) is 0. The quantitative estimate of drug-likeness (QED) is 0.842. The molecule has 20 heavy (non-hydrogen) atoms. The fraction of sp³-hybridized carbons (Fsp3) is 1.00. The minimum Gasteiger partial charge on any atom is -0.375 e. The highest BCUT2D eigenvalue weighted by Gasteiger charge is 2.40. The van der Waals surface area contributed by atoms with Crippen LogP contribution >= 0.6 is 11.8 Å². The van der Waals surface area contributed by atoms with Crippen LogP contribution < -0.4 is 5.73 Å². The van der Waals surface area contributed by atoms with Gasteiger partial charge in [-0.1, -0.05) is 0 Å². The summed E-state index contributed by atoms with van der Waals surface area (Å²) in [6.07, 6.45) is 5.03. The number of thioether (sulfide) groups is 1. The summed E-state index contributed by atoms with van der Waals surface area (Å²) in [5.74, 6) is 2.58. The van der Waals surface area contributed by atoms with Gasteiger partial charge in [0, 0.05) is 51.9 Å². The van der Waals surface area contributed by atoms with Crippen molar-refractivity contribution in [1.29, 1.82) is 0 Å². The van der Waals surface area contributed by atoms with E-state index >= 15 is 0 Å². The minimum atomic E-state index is 0.225. The molecule has 1 atom stereocenters. The summed E-state index contributed by atoms with van der Waals surface area (Å²) in [6.45, 7) is 7.64. The van der Waals surface area contributed by atoms with Gasteiger partial charge in [0.05, 0.1) is 5.60 Å². The lowest BCUT2D eigenvalue weighted by Crippen LogP contribution is -2.55. The first-order chi connectivity index (χ1) is 9.81. The molecular formula is C15H29N3OS. The number of rotatable bonds is 3. The molecule has 0 amide bonds. The molecule has 3 aliphatic heterocycles. The van der Waals surface area contributed by atoms with Crippen LogP contribution in [0.1, 0.15) is 25.7 Å². The van der Waals surface area contributed by atoms with Gasteiger partial charge in [0.25, 0.3) is 0 Å². The first-order valence-electron chi connectivity index (χ1n) is 8.19. The maximum absolute atomic E-state index is 6.22. The second kappa shape index (κ2) is 6.97. The third-order valence-corrected chi connectivity index (χ3v) is 6.23. The number of hydrogen-bond acceptors (Lipinski definition) is 5. The van der Waals surface area contributed by atoms with Gasteiger partial charge in [-0.3, -0.25) is 9.80 Å². The van der Waals surface area contributed by atoms with Crippen molar-refractivity contribution in [3.8, 4) is 0 Å². The highest BCUT2D eigenvalue weighted by Crippen LogP contribution is 2.39. The number of nitrogens with two attached hydrogens (primary N) is 1. The zero-order valence-corrected chi connectivity index (χ0v) is 13.4. The molecule has 3 heterocycles. The molecule has 2 N–H and O–H groups in total. The van der Waals surface area contributed by atoms with Crippen molar-refractivity contribution in [2.24, 2.45) is 5.73 Å². The fourth-order valence-electron chi connectivity index (χ4n) is 3.94. The molecule has 0 saturated carbocycles. The molecule has 0 bridgehead atoms. The molecule has 116 valence electrons. The molecule has 5 heteroatoms. The monoisotopic (exact) mass is 299 g/mol. The molecule has 0 aromatic rings. The summed E-state index contributed by atoms with van der Waals surface area (Å²) >= 11 is 2.09. The summed E-state index contributed by atoms with van der Waals surface area (Å²) in [6, 6.07) is 0.756. The Morgan fingerprint density at radius 2 is 1.90 bits per heavy atom. The molecule has 1 spiro atoms. The summed E-state index contributed by atoms with van der Waals surface area (Å²) in [4.78, 5) is 5.22. The molecular weight excluding hydrogens is 270 g/mol. The Balaban J connectivity index is 1.52. The first kappa shape index (κ1) is 15.1. The van der Waals surface area contributed by atoms with Gasteiger partial charge >= 0.3 is 0 Å². The molecule has 0 radical (unpaired) electrons. The second-order valence-corrected chi connectivity index (χ2v) is 7.68. The van der Waals surface area contributed by atoms with Crippen LogP contribution in [0.3, 0.4) is 0 Å². The third kappa shape index (κ3) is 3.50. The van der Waals surface area contributed by atoms with E-state index in [1.165, 1.54) is 63.4 Å². The van der Waals surface area contributed by atoms with Crippen molar-refractivity contribution in [2.75, 3.05) is 57.4 Å². The number of nitrogens with zero attached hydrogens (tertiary/aromatic N) is 2. The van der Waals surface area contributed by atoms with Crippen LogP contribution in [0.4, 0.5) is 0 Å². The summed E-state index contributed by atoms with van der Waals surface area (Å²) < 4.78 is 6.22. The number of ether oxygens (including phenoxy) is 1. The molecule has 0 aromatic heterocycles. The lowest BCUT2D eigenvalue weighted by atomic mass is 9.84. The Morgan fingerprint density at radius 3 is 2.60 bits per heavy atom. The van der Waals surface area contributed by atoms with E-state index in [0.29, 0.717) is 0 Å². The highest BCUT2D eigenvalue weighted by molar-refractivity contribution is 7.99. The van der Waals surface area contributed by atoms with E-state index in [-0.39, 0.29) is 5.60 Å². The van der Waals surface area contributed by atoms with Gasteiger partial charge < -0.3 is 10.5 Å². The SMILES string of the molecule is NCCN1CCN(C2CCOC3(CCSCC3)C2)CC1. The average Bonchev–Trinajstić information content (AvgIpc) is 2.49. The topological polar surface area (TPSA) is 41.7 Å². The molecule has 0 aliphatic carbocycles. The van der Waals surface area contributed by atoms with E-state index < -0.39 is 0 Å². The van der Waals surface area contributed by atoms with Crippen LogP contribution in [0.5, 0.6) is 0 Å². The third-order valence-electron chi connectivity index (χ3n) is 5.24. The Kier molecular flexibility index (Phi) is 5.26. The normalized spacial score (nSPS) is 32.5. The van der Waals surface area contributed by atoms with E-state index in [4.69, 9.17) is 10.5 Å². The Bertz CT molecular complexity index is 296. The molecule has 1 unspecified atom stereocenters. The van der Waals surface area contributed by atoms with Crippen LogP contribution in [0.25, 0.3) is 0 Å². The fourth-order valence-corrected chi connectivity index (χ4v) is 5.18. The largest absolute Gasteiger partial charge is 0.375 e. The van der Waals surface area contributed by atoms with Gasteiger partial charge in [0.15, 0.2) is 0 Å². The van der Waals surface area contributed by atoms with E-state index in [1.807, 2.05) is 0 Å². The predicted molar refractivity (Wildman–Crippen MR) is 85.3 cm³/mol. The number of piperazine rings is 1. The zero-order chi connectivity index (χ0) is 13.8. The molecule has 3 saturated heterocycles. The standard InChI is InChI=1S/C15H29N3OS/c16-4-5-17-6-8-18(9-7-17)14-1-10-19-15(13-14)2-11-20-12-3-15/h14H,1-13,16H2. The van der Waals surface area contributed by atoms with Gasteiger partial charge in [0.2, 0.25) is 0 Å². The Labute approximate surface area is 127 Å². The number of hydrogen-bond donors (Lipinski definition) is 1. The van der Waals surface area contributed by atoms with E-state index in [2.05, 4.69) is 21.6 Å². The average molecular weight is 299 g/mol. The summed E-state index contributed by atoms with van der Waals surface area (Å²) in [5.41, 5.74) is 5.88. The van der Waals surface area contributed by atoms with Gasteiger partial charge in [-0.05, 0) is 37.2 Å². The Morgan fingerprint density at radius 1 is 1.15 bits per heavy atom. The lowest BCUT2D eigenvalue weighted by Gasteiger charge is -2.48. The van der Waals surface area contributed by atoms with E-state index in [0.717, 1.165) is 25.7 Å². The Hall–Kier alpha value is 0.190. The lowest BCUT2D eigenvalue weighted by molar-refractivity contribution is -0.113. The van der Waals surface area contributed by atoms with Crippen molar-refractivity contribution in [1.82, 2.24) is 9.80 Å². The van der Waals surface area contributed by atoms with Crippen molar-refractivity contribution < 1.29 is 4.74 Å². The predicted octanol–water partition coefficient (Wildman–Crippen LogP) is 1.01. The minimum absolute atomic E-state index is 0.225. The molecule has 3 fully saturated rings. The maximum atomic E-state index is 6.22. The maximum Gasteiger partial charge on any atom is 0.0713 e. The van der Waals surface area contributed by atoms with Crippen molar-refractivity contribution in [2.45, 2.75) is 37.3 Å². The molecule has 0 aromatic carbocycles. The van der Waals surface area contributed by atoms with Gasteiger partial charge in [-0.15, -0.1) is 0 Å². The van der Waals surface area contributed by atoms with Crippen LogP contribution in [0.15, 0.2) is 0 Å². The first-order valence-corrected chi connectivity index (χ1v) is 9.35. The smallest absolute Gasteiger partial charge is 0.0713 e. The van der Waals surface area contributed by atoms with E-state index in [1.54, 1.807) is 0 Å². The summed E-state index contributed by atoms with van der Waals surface area (Å²) in [7, 11) is 0. The van der Waals surface area contributed by atoms with Crippen LogP contribution in [-0.2, 0) is 4.74 Å². The van der Waals surface area contributed by atoms with Gasteiger partial charge in [-0.2, -0.15) is 11.8 Å². The van der Waals surface area contributed by atoms with Gasteiger partial charge in [-0.25, -0.2) is 0 Å². The molecule has 4 nitrogen and oxygen atoms in total. The van der Waals surface area contributed by atoms with Gasteiger partial charge in [0.1, 0.15) is 0 Å². The highest BCUT2D eigenvalue weighted by atomic mass is 32.2.